The predicted octanol–water partition coefficient (Wildman–Crippen LogP) is 2.45. The van der Waals surface area contributed by atoms with Gasteiger partial charge in [0.1, 0.15) is 5.69 Å². The van der Waals surface area contributed by atoms with Crippen LogP contribution in [0.2, 0.25) is 0 Å². The molecule has 1 heterocycles. The molecule has 0 spiro atoms. The highest BCUT2D eigenvalue weighted by atomic mass is 15.3. The number of hydrogen-bond acceptors (Lipinski definition) is 4. The van der Waals surface area contributed by atoms with Crippen LogP contribution in [0.15, 0.2) is 6.20 Å². The molecule has 1 unspecified atom stereocenters. The Labute approximate surface area is 104 Å². The number of nitrogens with zero attached hydrogens (tertiary/aromatic N) is 2. The first-order valence-corrected chi connectivity index (χ1v) is 6.70. The van der Waals surface area contributed by atoms with Gasteiger partial charge in [0.05, 0.1) is 12.2 Å². The van der Waals surface area contributed by atoms with Crippen LogP contribution in [0.25, 0.3) is 0 Å². The molecule has 0 radical (unpaired) electrons. The molecule has 0 bridgehead atoms. The van der Waals surface area contributed by atoms with E-state index in [9.17, 15) is 0 Å². The normalized spacial score (nSPS) is 12.8. The van der Waals surface area contributed by atoms with E-state index in [0.29, 0.717) is 0 Å². The molecule has 98 valence electrons. The van der Waals surface area contributed by atoms with Crippen LogP contribution in [0.5, 0.6) is 0 Å². The highest BCUT2D eigenvalue weighted by molar-refractivity contribution is 4.98. The van der Waals surface area contributed by atoms with E-state index in [1.807, 2.05) is 0 Å². The van der Waals surface area contributed by atoms with Gasteiger partial charge in [0.15, 0.2) is 0 Å². The third kappa shape index (κ3) is 5.79. The van der Waals surface area contributed by atoms with E-state index in [0.717, 1.165) is 12.1 Å². The number of nitrogens with two attached hydrogens (primary N) is 1. The van der Waals surface area contributed by atoms with E-state index < -0.39 is 0 Å². The summed E-state index contributed by atoms with van der Waals surface area (Å²) in [5.74, 6) is 5.51. The molecule has 0 saturated carbocycles. The van der Waals surface area contributed by atoms with E-state index in [4.69, 9.17) is 5.84 Å². The molecule has 5 heteroatoms. The lowest BCUT2D eigenvalue weighted by molar-refractivity contribution is 0.467. The second kappa shape index (κ2) is 9.13. The van der Waals surface area contributed by atoms with Crippen LogP contribution in [0.3, 0.4) is 0 Å². The summed E-state index contributed by atoms with van der Waals surface area (Å²) in [5, 5.41) is 10.5. The molecule has 0 aromatic carbocycles. The molecule has 17 heavy (non-hydrogen) atoms. The Balaban J connectivity index is 2.04. The molecule has 1 aromatic rings. The van der Waals surface area contributed by atoms with Crippen molar-refractivity contribution in [3.63, 3.8) is 0 Å². The van der Waals surface area contributed by atoms with Crippen molar-refractivity contribution in [3.8, 4) is 0 Å². The number of hydrazine groups is 1. The van der Waals surface area contributed by atoms with Crippen molar-refractivity contribution in [2.24, 2.45) is 5.84 Å². The van der Waals surface area contributed by atoms with Crippen molar-refractivity contribution in [1.82, 2.24) is 20.8 Å². The Bertz CT molecular complexity index is 260. The molecule has 1 rings (SSSR count). The van der Waals surface area contributed by atoms with Gasteiger partial charge in [-0.2, -0.15) is 15.4 Å². The number of hydrogen-bond donors (Lipinski definition) is 3. The van der Waals surface area contributed by atoms with Gasteiger partial charge in [-0.1, -0.05) is 51.9 Å². The van der Waals surface area contributed by atoms with Gasteiger partial charge in [-0.3, -0.25) is 11.3 Å². The lowest BCUT2D eigenvalue weighted by Crippen LogP contribution is -2.28. The molecule has 0 aliphatic carbocycles. The van der Waals surface area contributed by atoms with Crippen molar-refractivity contribution < 1.29 is 0 Å². The van der Waals surface area contributed by atoms with Crippen LogP contribution in [0.4, 0.5) is 0 Å². The lowest BCUT2D eigenvalue weighted by atomic mass is 10.0. The molecule has 1 aromatic heterocycles. The van der Waals surface area contributed by atoms with E-state index in [1.165, 1.54) is 44.9 Å². The first kappa shape index (κ1) is 14.1. The summed E-state index contributed by atoms with van der Waals surface area (Å²) in [7, 11) is 0. The Morgan fingerprint density at radius 3 is 2.53 bits per heavy atom. The highest BCUT2D eigenvalue weighted by Crippen LogP contribution is 2.17. The Kier molecular flexibility index (Phi) is 7.58. The zero-order valence-electron chi connectivity index (χ0n) is 10.8. The maximum Gasteiger partial charge on any atom is 0.101 e. The minimum Gasteiger partial charge on any atom is -0.271 e. The number of nitrogens with one attached hydrogen (secondary N) is 2. The van der Waals surface area contributed by atoms with Gasteiger partial charge in [0.2, 0.25) is 0 Å². The van der Waals surface area contributed by atoms with E-state index in [-0.39, 0.29) is 6.04 Å². The Morgan fingerprint density at radius 2 is 1.94 bits per heavy atom. The predicted molar refractivity (Wildman–Crippen MR) is 69.1 cm³/mol. The molecule has 0 aliphatic rings. The summed E-state index contributed by atoms with van der Waals surface area (Å²) in [5.41, 5.74) is 3.69. The van der Waals surface area contributed by atoms with Crippen molar-refractivity contribution in [2.75, 3.05) is 0 Å². The monoisotopic (exact) mass is 239 g/mol. The molecule has 0 aliphatic heterocycles. The summed E-state index contributed by atoms with van der Waals surface area (Å²) >= 11 is 0. The van der Waals surface area contributed by atoms with Gasteiger partial charge in [0, 0.05) is 0 Å². The van der Waals surface area contributed by atoms with Crippen LogP contribution in [-0.2, 0) is 0 Å². The standard InChI is InChI=1S/C12H25N5/c1-2-3-4-5-6-7-8-9-11(15-13)12-10-14-17-16-12/h10-11,15H,2-9,13H2,1H3,(H,14,16,17). The minimum absolute atomic E-state index is 0.129. The molecular formula is C12H25N5. The van der Waals surface area contributed by atoms with Gasteiger partial charge in [-0.25, -0.2) is 0 Å². The maximum absolute atomic E-state index is 5.51. The highest BCUT2D eigenvalue weighted by Gasteiger charge is 2.11. The zero-order valence-corrected chi connectivity index (χ0v) is 10.8. The first-order valence-electron chi connectivity index (χ1n) is 6.70. The van der Waals surface area contributed by atoms with Crippen molar-refractivity contribution >= 4 is 0 Å². The van der Waals surface area contributed by atoms with Crippen LogP contribution in [0, 0.1) is 0 Å². The summed E-state index contributed by atoms with van der Waals surface area (Å²) < 4.78 is 0. The fourth-order valence-electron chi connectivity index (χ4n) is 2.00. The number of rotatable bonds is 10. The molecule has 1 atom stereocenters. The number of aromatic nitrogens is 3. The first-order chi connectivity index (χ1) is 8.38. The minimum atomic E-state index is 0.129. The Hall–Kier alpha value is -0.940. The van der Waals surface area contributed by atoms with Crippen LogP contribution in [0.1, 0.15) is 70.0 Å². The fourth-order valence-corrected chi connectivity index (χ4v) is 2.00. The topological polar surface area (TPSA) is 79.6 Å². The fraction of sp³-hybridized carbons (Fsp3) is 0.833. The quantitative estimate of drug-likeness (QED) is 0.333. The second-order valence-electron chi connectivity index (χ2n) is 4.52. The summed E-state index contributed by atoms with van der Waals surface area (Å²) in [6, 6.07) is 0.129. The van der Waals surface area contributed by atoms with E-state index >= 15 is 0 Å². The smallest absolute Gasteiger partial charge is 0.101 e. The van der Waals surface area contributed by atoms with Gasteiger partial charge >= 0.3 is 0 Å². The van der Waals surface area contributed by atoms with Gasteiger partial charge in [0.25, 0.3) is 0 Å². The second-order valence-corrected chi connectivity index (χ2v) is 4.52. The summed E-state index contributed by atoms with van der Waals surface area (Å²) in [4.78, 5) is 0. The molecular weight excluding hydrogens is 214 g/mol. The third-order valence-electron chi connectivity index (χ3n) is 3.09. The molecule has 0 saturated heterocycles. The summed E-state index contributed by atoms with van der Waals surface area (Å²) in [6.07, 6.45) is 12.0. The molecule has 4 N–H and O–H groups in total. The van der Waals surface area contributed by atoms with Crippen LogP contribution >= 0.6 is 0 Å². The van der Waals surface area contributed by atoms with Gasteiger partial charge in [-0.15, -0.1) is 0 Å². The van der Waals surface area contributed by atoms with Crippen LogP contribution in [-0.4, -0.2) is 15.4 Å². The Morgan fingerprint density at radius 1 is 1.24 bits per heavy atom. The average Bonchev–Trinajstić information content (AvgIpc) is 2.86. The number of unbranched alkanes of at least 4 members (excludes halogenated alkanes) is 6. The van der Waals surface area contributed by atoms with Gasteiger partial charge in [-0.05, 0) is 6.42 Å². The van der Waals surface area contributed by atoms with Crippen LogP contribution < -0.4 is 11.3 Å². The molecule has 0 amide bonds. The molecule has 5 nitrogen and oxygen atoms in total. The third-order valence-corrected chi connectivity index (χ3v) is 3.09. The zero-order chi connectivity index (χ0) is 12.3. The average molecular weight is 239 g/mol. The molecule has 0 fully saturated rings. The largest absolute Gasteiger partial charge is 0.271 e. The maximum atomic E-state index is 5.51. The summed E-state index contributed by atoms with van der Waals surface area (Å²) in [6.45, 7) is 2.25. The number of H-pyrrole nitrogens is 1. The van der Waals surface area contributed by atoms with Gasteiger partial charge < -0.3 is 0 Å². The van der Waals surface area contributed by atoms with Crippen molar-refractivity contribution in [1.29, 1.82) is 0 Å². The lowest BCUT2D eigenvalue weighted by Gasteiger charge is -2.12. The number of aromatic amines is 1. The van der Waals surface area contributed by atoms with E-state index in [2.05, 4.69) is 27.8 Å². The SMILES string of the molecule is CCCCCCCCCC(NN)c1cn[nH]n1. The van der Waals surface area contributed by atoms with Crippen molar-refractivity contribution in [3.05, 3.63) is 11.9 Å². The van der Waals surface area contributed by atoms with E-state index in [1.54, 1.807) is 6.20 Å². The van der Waals surface area contributed by atoms with Crippen molar-refractivity contribution in [2.45, 2.75) is 64.3 Å².